The third kappa shape index (κ3) is 4.51. The van der Waals surface area contributed by atoms with E-state index in [1.807, 2.05) is 6.07 Å². The van der Waals surface area contributed by atoms with Crippen LogP contribution in [0, 0.1) is 11.3 Å². The normalized spacial score (nSPS) is 19.8. The zero-order valence-electron chi connectivity index (χ0n) is 17.6. The highest BCUT2D eigenvalue weighted by atomic mass is 35.5. The molecule has 2 fully saturated rings. The van der Waals surface area contributed by atoms with E-state index in [9.17, 15) is 18.0 Å². The van der Waals surface area contributed by atoms with Gasteiger partial charge in [0, 0.05) is 11.1 Å². The van der Waals surface area contributed by atoms with Gasteiger partial charge in [0.1, 0.15) is 10.9 Å². The molecule has 2 amide bonds. The second-order valence-corrected chi connectivity index (χ2v) is 10.8. The fraction of sp³-hybridized carbons (Fsp3) is 0.348. The Morgan fingerprint density at radius 1 is 1.00 bits per heavy atom. The maximum absolute atomic E-state index is 13.8. The fourth-order valence-corrected chi connectivity index (χ4v) is 7.08. The van der Waals surface area contributed by atoms with Gasteiger partial charge in [-0.05, 0) is 55.3 Å². The predicted octanol–water partition coefficient (Wildman–Crippen LogP) is 4.52. The van der Waals surface area contributed by atoms with E-state index in [0.717, 1.165) is 24.2 Å². The highest BCUT2D eigenvalue weighted by Gasteiger charge is 2.49. The molecule has 7 nitrogen and oxygen atoms in total. The number of sulfonamides is 1. The number of hydrogen-bond donors (Lipinski definition) is 0. The van der Waals surface area contributed by atoms with Crippen molar-refractivity contribution in [1.29, 1.82) is 5.26 Å². The van der Waals surface area contributed by atoms with E-state index >= 15 is 0 Å². The Morgan fingerprint density at radius 3 is 2.30 bits per heavy atom. The quantitative estimate of drug-likeness (QED) is 0.556. The maximum Gasteiger partial charge on any atom is 0.252 e. The van der Waals surface area contributed by atoms with E-state index in [1.54, 1.807) is 0 Å². The number of carbonyl (C=O) groups is 2. The van der Waals surface area contributed by atoms with E-state index < -0.39 is 33.9 Å². The van der Waals surface area contributed by atoms with Crippen molar-refractivity contribution < 1.29 is 18.0 Å². The molecule has 1 aliphatic carbocycles. The lowest BCUT2D eigenvalue weighted by Crippen LogP contribution is -2.51. The van der Waals surface area contributed by atoms with Crippen LogP contribution in [0.25, 0.3) is 0 Å². The van der Waals surface area contributed by atoms with Crippen LogP contribution in [0.5, 0.6) is 0 Å². The molecule has 1 saturated heterocycles. The molecule has 2 aromatic rings. The van der Waals surface area contributed by atoms with Gasteiger partial charge in [0.2, 0.25) is 15.9 Å². The van der Waals surface area contributed by atoms with Crippen molar-refractivity contribution in [2.45, 2.75) is 55.5 Å². The average molecular weight is 506 g/mol. The third-order valence-electron chi connectivity index (χ3n) is 6.07. The van der Waals surface area contributed by atoms with E-state index in [2.05, 4.69) is 0 Å². The standard InChI is InChI=1S/C23H21Cl2N3O4S/c24-16-8-11-19(25)21(12-16)33(31,32)28(18-4-2-1-3-5-18)20-13-22(29)27(23(20)30)17-9-6-15(14-26)7-10-17/h6-12,18,20H,1-5,13H2. The van der Waals surface area contributed by atoms with Crippen molar-refractivity contribution in [1.82, 2.24) is 4.31 Å². The first kappa shape index (κ1) is 23.7. The van der Waals surface area contributed by atoms with Gasteiger partial charge in [0.25, 0.3) is 5.91 Å². The lowest BCUT2D eigenvalue weighted by atomic mass is 9.94. The topological polar surface area (TPSA) is 98.5 Å². The summed E-state index contributed by atoms with van der Waals surface area (Å²) in [5, 5.41) is 9.21. The summed E-state index contributed by atoms with van der Waals surface area (Å²) in [6, 6.07) is 10.6. The van der Waals surface area contributed by atoms with Crippen LogP contribution in [-0.4, -0.2) is 36.6 Å². The van der Waals surface area contributed by atoms with Crippen LogP contribution < -0.4 is 4.90 Å². The minimum atomic E-state index is -4.24. The number of imide groups is 1. The Hall–Kier alpha value is -2.44. The van der Waals surface area contributed by atoms with Crippen LogP contribution in [0.4, 0.5) is 5.69 Å². The van der Waals surface area contributed by atoms with Gasteiger partial charge >= 0.3 is 0 Å². The summed E-state index contributed by atoms with van der Waals surface area (Å²) < 4.78 is 28.9. The number of rotatable bonds is 5. The van der Waals surface area contributed by atoms with Crippen molar-refractivity contribution in [2.24, 2.45) is 0 Å². The van der Waals surface area contributed by atoms with E-state index in [-0.39, 0.29) is 21.4 Å². The number of anilines is 1. The Balaban J connectivity index is 1.76. The molecule has 0 aromatic heterocycles. The molecule has 1 atom stereocenters. The molecular formula is C23H21Cl2N3O4S. The zero-order chi connectivity index (χ0) is 23.8. The van der Waals surface area contributed by atoms with Crippen molar-refractivity contribution in [3.8, 4) is 6.07 Å². The SMILES string of the molecule is N#Cc1ccc(N2C(=O)CC(N(C3CCCCC3)S(=O)(=O)c3cc(Cl)ccc3Cl)C2=O)cc1. The average Bonchev–Trinajstić information content (AvgIpc) is 3.09. The lowest BCUT2D eigenvalue weighted by Gasteiger charge is -2.36. The lowest BCUT2D eigenvalue weighted by molar-refractivity contribution is -0.122. The molecule has 0 N–H and O–H groups in total. The molecule has 1 heterocycles. The Morgan fingerprint density at radius 2 is 1.67 bits per heavy atom. The number of carbonyl (C=O) groups excluding carboxylic acids is 2. The number of nitrogens with zero attached hydrogens (tertiary/aromatic N) is 3. The van der Waals surface area contributed by atoms with E-state index in [4.69, 9.17) is 28.5 Å². The summed E-state index contributed by atoms with van der Waals surface area (Å²) in [4.78, 5) is 27.2. The molecule has 1 saturated carbocycles. The molecule has 0 spiro atoms. The molecule has 0 bridgehead atoms. The molecular weight excluding hydrogens is 485 g/mol. The van der Waals surface area contributed by atoms with Crippen molar-refractivity contribution in [3.05, 3.63) is 58.1 Å². The number of hydrogen-bond acceptors (Lipinski definition) is 5. The Bertz CT molecular complexity index is 1240. The van der Waals surface area contributed by atoms with Gasteiger partial charge in [-0.15, -0.1) is 0 Å². The van der Waals surface area contributed by atoms with Crippen molar-refractivity contribution in [2.75, 3.05) is 4.90 Å². The van der Waals surface area contributed by atoms with Gasteiger partial charge in [0.15, 0.2) is 0 Å². The zero-order valence-corrected chi connectivity index (χ0v) is 19.9. The van der Waals surface area contributed by atoms with Crippen molar-refractivity contribution >= 4 is 50.7 Å². The number of benzene rings is 2. The molecule has 172 valence electrons. The monoisotopic (exact) mass is 505 g/mol. The molecule has 33 heavy (non-hydrogen) atoms. The van der Waals surface area contributed by atoms with Gasteiger partial charge in [-0.25, -0.2) is 13.3 Å². The highest BCUT2D eigenvalue weighted by Crippen LogP contribution is 2.37. The summed E-state index contributed by atoms with van der Waals surface area (Å²) in [6.07, 6.45) is 3.55. The molecule has 1 aliphatic heterocycles. The van der Waals surface area contributed by atoms with Gasteiger partial charge < -0.3 is 0 Å². The van der Waals surface area contributed by atoms with Crippen LogP contribution >= 0.6 is 23.2 Å². The fourth-order valence-electron chi connectivity index (χ4n) is 4.51. The van der Waals surface area contributed by atoms with Crippen LogP contribution in [0.1, 0.15) is 44.1 Å². The Labute approximate surface area is 202 Å². The minimum Gasteiger partial charge on any atom is -0.274 e. The summed E-state index contributed by atoms with van der Waals surface area (Å²) in [7, 11) is -4.24. The van der Waals surface area contributed by atoms with E-state index in [0.29, 0.717) is 24.1 Å². The molecule has 0 radical (unpaired) electrons. The van der Waals surface area contributed by atoms with Crippen LogP contribution in [0.15, 0.2) is 47.4 Å². The summed E-state index contributed by atoms with van der Waals surface area (Å²) in [5.74, 6) is -1.11. The Kier molecular flexibility index (Phi) is 6.78. The first-order valence-electron chi connectivity index (χ1n) is 10.6. The first-order valence-corrected chi connectivity index (χ1v) is 12.8. The maximum atomic E-state index is 13.8. The smallest absolute Gasteiger partial charge is 0.252 e. The van der Waals surface area contributed by atoms with Crippen LogP contribution in [0.3, 0.4) is 0 Å². The van der Waals surface area contributed by atoms with Crippen LogP contribution in [-0.2, 0) is 19.6 Å². The molecule has 1 unspecified atom stereocenters. The highest BCUT2D eigenvalue weighted by molar-refractivity contribution is 7.89. The van der Waals surface area contributed by atoms with Gasteiger partial charge in [-0.2, -0.15) is 9.57 Å². The number of halogens is 2. The third-order valence-corrected chi connectivity index (χ3v) is 8.75. The molecule has 4 rings (SSSR count). The van der Waals surface area contributed by atoms with Gasteiger partial charge in [-0.1, -0.05) is 42.5 Å². The number of nitriles is 1. The summed E-state index contributed by atoms with van der Waals surface area (Å²) in [5.41, 5.74) is 0.685. The van der Waals surface area contributed by atoms with Gasteiger partial charge in [0.05, 0.1) is 28.8 Å². The van der Waals surface area contributed by atoms with E-state index in [1.165, 1.54) is 46.8 Å². The minimum absolute atomic E-state index is 0.000861. The molecule has 2 aromatic carbocycles. The van der Waals surface area contributed by atoms with Crippen molar-refractivity contribution in [3.63, 3.8) is 0 Å². The summed E-state index contributed by atoms with van der Waals surface area (Å²) in [6.45, 7) is 0. The number of amides is 2. The second kappa shape index (κ2) is 9.43. The predicted molar refractivity (Wildman–Crippen MR) is 124 cm³/mol. The largest absolute Gasteiger partial charge is 0.274 e. The molecule has 10 heteroatoms. The van der Waals surface area contributed by atoms with Gasteiger partial charge in [-0.3, -0.25) is 9.59 Å². The first-order chi connectivity index (χ1) is 15.7. The molecule has 2 aliphatic rings. The van der Waals surface area contributed by atoms with Crippen LogP contribution in [0.2, 0.25) is 10.0 Å². The summed E-state index contributed by atoms with van der Waals surface area (Å²) >= 11 is 12.3. The second-order valence-electron chi connectivity index (χ2n) is 8.15.